The molecule has 2 rings (SSSR count). The van der Waals surface area contributed by atoms with Gasteiger partial charge in [0.05, 0.1) is 12.2 Å². The number of nitrogens with zero attached hydrogens (tertiary/aromatic N) is 1. The molecule has 1 aromatic rings. The molecule has 1 heterocycles. The molecular formula is C19H19ClF3NO9. The molecule has 0 radical (unpaired) electrons. The Morgan fingerprint density at radius 3 is 2.52 bits per heavy atom. The molecule has 0 spiro atoms. The SMILES string of the molecule is Cc1cc(Cl)cc2c1OC(C(F)(F)F)C(C(=O)OC(C)OC(=O)O[C@@H](C)CCO[N+](=O)[O-])=C2. The van der Waals surface area contributed by atoms with Gasteiger partial charge < -0.3 is 23.8 Å². The number of carbonyl (C=O) groups excluding carboxylic acids is 2. The number of halogens is 4. The number of ether oxygens (including phenoxy) is 4. The summed E-state index contributed by atoms with van der Waals surface area (Å²) in [5.74, 6) is -1.52. The summed E-state index contributed by atoms with van der Waals surface area (Å²) in [5, 5.41) is 9.29. The minimum Gasteiger partial charge on any atom is -0.475 e. The van der Waals surface area contributed by atoms with Gasteiger partial charge in [-0.15, -0.1) is 10.1 Å². The van der Waals surface area contributed by atoms with Crippen LogP contribution in [0.2, 0.25) is 5.02 Å². The Balaban J connectivity index is 2.06. The topological polar surface area (TPSA) is 123 Å². The summed E-state index contributed by atoms with van der Waals surface area (Å²) in [6.07, 6.45) is -10.4. The highest BCUT2D eigenvalue weighted by Gasteiger charge is 2.49. The number of alkyl halides is 3. The van der Waals surface area contributed by atoms with Crippen LogP contribution in [0.5, 0.6) is 5.75 Å². The second-order valence-electron chi connectivity index (χ2n) is 6.89. The lowest BCUT2D eigenvalue weighted by Gasteiger charge is -2.29. The van der Waals surface area contributed by atoms with Crippen molar-refractivity contribution in [3.05, 3.63) is 44.0 Å². The van der Waals surface area contributed by atoms with E-state index in [9.17, 15) is 32.9 Å². The van der Waals surface area contributed by atoms with Crippen molar-refractivity contribution in [3.8, 4) is 5.75 Å². The summed E-state index contributed by atoms with van der Waals surface area (Å²) in [6.45, 7) is 3.64. The Kier molecular flexibility index (Phi) is 8.36. The van der Waals surface area contributed by atoms with Gasteiger partial charge >= 0.3 is 18.3 Å². The van der Waals surface area contributed by atoms with E-state index in [0.717, 1.165) is 13.0 Å². The van der Waals surface area contributed by atoms with Crippen molar-refractivity contribution >= 4 is 29.8 Å². The highest BCUT2D eigenvalue weighted by molar-refractivity contribution is 6.30. The van der Waals surface area contributed by atoms with Gasteiger partial charge in [0.15, 0.2) is 0 Å². The Labute approximate surface area is 190 Å². The smallest absolute Gasteiger partial charge is 0.475 e. The van der Waals surface area contributed by atoms with Crippen molar-refractivity contribution < 1.29 is 51.6 Å². The fourth-order valence-corrected chi connectivity index (χ4v) is 3.06. The van der Waals surface area contributed by atoms with E-state index in [1.54, 1.807) is 0 Å². The van der Waals surface area contributed by atoms with Gasteiger partial charge in [0, 0.05) is 23.9 Å². The van der Waals surface area contributed by atoms with Crippen LogP contribution in [0.4, 0.5) is 18.0 Å². The van der Waals surface area contributed by atoms with E-state index in [0.29, 0.717) is 5.56 Å². The first-order valence-corrected chi connectivity index (χ1v) is 9.76. The van der Waals surface area contributed by atoms with E-state index in [4.69, 9.17) is 25.8 Å². The van der Waals surface area contributed by atoms with Crippen molar-refractivity contribution in [1.29, 1.82) is 0 Å². The molecule has 0 N–H and O–H groups in total. The zero-order chi connectivity index (χ0) is 24.9. The molecule has 0 fully saturated rings. The molecular weight excluding hydrogens is 479 g/mol. The van der Waals surface area contributed by atoms with E-state index >= 15 is 0 Å². The largest absolute Gasteiger partial charge is 0.511 e. The monoisotopic (exact) mass is 497 g/mol. The molecule has 182 valence electrons. The van der Waals surface area contributed by atoms with Crippen molar-refractivity contribution in [2.45, 2.75) is 51.9 Å². The molecule has 1 aliphatic rings. The normalized spacial score (nSPS) is 16.9. The summed E-state index contributed by atoms with van der Waals surface area (Å²) in [6, 6.07) is 2.74. The Morgan fingerprint density at radius 1 is 1.24 bits per heavy atom. The van der Waals surface area contributed by atoms with Crippen LogP contribution >= 0.6 is 11.6 Å². The van der Waals surface area contributed by atoms with E-state index < -0.39 is 47.5 Å². The first-order chi connectivity index (χ1) is 15.3. The highest BCUT2D eigenvalue weighted by Crippen LogP contribution is 2.40. The van der Waals surface area contributed by atoms with Gasteiger partial charge in [0.25, 0.3) is 5.09 Å². The maximum Gasteiger partial charge on any atom is 0.511 e. The van der Waals surface area contributed by atoms with Crippen molar-refractivity contribution in [1.82, 2.24) is 0 Å². The third-order valence-electron chi connectivity index (χ3n) is 4.18. The minimum absolute atomic E-state index is 0.0386. The van der Waals surface area contributed by atoms with Crippen LogP contribution in [0.15, 0.2) is 17.7 Å². The van der Waals surface area contributed by atoms with E-state index in [-0.39, 0.29) is 29.4 Å². The number of hydrogen-bond donors (Lipinski definition) is 0. The fourth-order valence-electron chi connectivity index (χ4n) is 2.78. The molecule has 0 saturated carbocycles. The van der Waals surface area contributed by atoms with E-state index in [2.05, 4.69) is 9.57 Å². The maximum atomic E-state index is 13.5. The number of hydrogen-bond acceptors (Lipinski definition) is 9. The van der Waals surface area contributed by atoms with Crippen LogP contribution in [0.25, 0.3) is 6.08 Å². The number of aryl methyl sites for hydroxylation is 1. The number of esters is 1. The van der Waals surface area contributed by atoms with Crippen LogP contribution in [0.3, 0.4) is 0 Å². The second kappa shape index (κ2) is 10.6. The van der Waals surface area contributed by atoms with Crippen LogP contribution in [-0.2, 0) is 23.8 Å². The number of rotatable bonds is 8. The van der Waals surface area contributed by atoms with Gasteiger partial charge in [0.2, 0.25) is 12.4 Å². The summed E-state index contributed by atoms with van der Waals surface area (Å²) >= 11 is 5.93. The molecule has 0 aromatic heterocycles. The number of benzene rings is 1. The van der Waals surface area contributed by atoms with Crippen molar-refractivity contribution in [2.75, 3.05) is 6.61 Å². The molecule has 0 bridgehead atoms. The van der Waals surface area contributed by atoms with Gasteiger partial charge in [-0.25, -0.2) is 9.59 Å². The van der Waals surface area contributed by atoms with Gasteiger partial charge in [-0.3, -0.25) is 0 Å². The van der Waals surface area contributed by atoms with Crippen LogP contribution in [-0.4, -0.2) is 48.5 Å². The molecule has 0 aliphatic carbocycles. The fraction of sp³-hybridized carbons (Fsp3) is 0.474. The molecule has 1 aromatic carbocycles. The van der Waals surface area contributed by atoms with E-state index in [1.165, 1.54) is 26.0 Å². The third kappa shape index (κ3) is 7.41. The first-order valence-electron chi connectivity index (χ1n) is 9.38. The molecule has 0 saturated heterocycles. The number of carbonyl (C=O) groups is 2. The first kappa shape index (κ1) is 26.0. The minimum atomic E-state index is -4.95. The summed E-state index contributed by atoms with van der Waals surface area (Å²) in [5.41, 5.74) is -0.385. The van der Waals surface area contributed by atoms with Crippen molar-refractivity contribution in [2.24, 2.45) is 0 Å². The molecule has 2 unspecified atom stereocenters. The molecule has 1 aliphatic heterocycles. The number of fused-ring (bicyclic) bond motifs is 1. The Hall–Kier alpha value is -3.22. The standard InChI is InChI=1S/C19H19ClF3NO9/c1-9-6-13(20)7-12-8-14(16(19(21,22)23)33-15(9)12)17(25)31-11(3)32-18(26)30-10(2)4-5-29-24(27)28/h6-8,10-11,16H,4-5H2,1-3H3/t10-,11?,16?/m0/s1. The molecule has 14 heteroatoms. The Bertz CT molecular complexity index is 951. The molecule has 0 amide bonds. The lowest BCUT2D eigenvalue weighted by atomic mass is 9.99. The summed E-state index contributed by atoms with van der Waals surface area (Å²) in [4.78, 5) is 38.3. The quantitative estimate of drug-likeness (QED) is 0.222. The van der Waals surface area contributed by atoms with Crippen LogP contribution in [0.1, 0.15) is 31.4 Å². The maximum absolute atomic E-state index is 13.5. The van der Waals surface area contributed by atoms with Crippen molar-refractivity contribution in [3.63, 3.8) is 0 Å². The second-order valence-corrected chi connectivity index (χ2v) is 7.33. The molecule has 10 nitrogen and oxygen atoms in total. The average molecular weight is 498 g/mol. The Morgan fingerprint density at radius 2 is 1.91 bits per heavy atom. The predicted octanol–water partition coefficient (Wildman–Crippen LogP) is 4.38. The lowest BCUT2D eigenvalue weighted by molar-refractivity contribution is -0.758. The lowest BCUT2D eigenvalue weighted by Crippen LogP contribution is -2.41. The van der Waals surface area contributed by atoms with Crippen LogP contribution in [0, 0.1) is 17.0 Å². The van der Waals surface area contributed by atoms with Gasteiger partial charge in [-0.2, -0.15) is 13.2 Å². The van der Waals surface area contributed by atoms with Gasteiger partial charge in [0.1, 0.15) is 11.9 Å². The molecule has 3 atom stereocenters. The average Bonchev–Trinajstić information content (AvgIpc) is 2.65. The van der Waals surface area contributed by atoms with Gasteiger partial charge in [-0.1, -0.05) is 11.6 Å². The zero-order valence-electron chi connectivity index (χ0n) is 17.5. The van der Waals surface area contributed by atoms with Crippen LogP contribution < -0.4 is 4.74 Å². The third-order valence-corrected chi connectivity index (χ3v) is 4.40. The van der Waals surface area contributed by atoms with E-state index in [1.807, 2.05) is 0 Å². The highest BCUT2D eigenvalue weighted by atomic mass is 35.5. The summed E-state index contributed by atoms with van der Waals surface area (Å²) in [7, 11) is 0. The predicted molar refractivity (Wildman–Crippen MR) is 105 cm³/mol. The molecule has 33 heavy (non-hydrogen) atoms. The van der Waals surface area contributed by atoms with Gasteiger partial charge in [-0.05, 0) is 37.6 Å². The summed E-state index contributed by atoms with van der Waals surface area (Å²) < 4.78 is 59.9. The zero-order valence-corrected chi connectivity index (χ0v) is 18.3.